The van der Waals surface area contributed by atoms with E-state index < -0.39 is 0 Å². The van der Waals surface area contributed by atoms with Gasteiger partial charge in [-0.3, -0.25) is 4.79 Å². The van der Waals surface area contributed by atoms with Gasteiger partial charge in [0.15, 0.2) is 0 Å². The molecule has 0 unspecified atom stereocenters. The van der Waals surface area contributed by atoms with Crippen LogP contribution in [-0.4, -0.2) is 12.5 Å². The molecule has 1 aromatic carbocycles. The van der Waals surface area contributed by atoms with Crippen LogP contribution in [0.5, 0.6) is 5.75 Å². The minimum Gasteiger partial charge on any atom is -0.493 e. The molecule has 0 aliphatic carbocycles. The SMILES string of the molecule is CCc1c(C)sc(NC(=O)c2ccc(OCC(C)C)cc2)c1C#N. The van der Waals surface area contributed by atoms with Crippen molar-refractivity contribution in [3.63, 3.8) is 0 Å². The number of nitriles is 1. The first-order valence-corrected chi connectivity index (χ1v) is 8.84. The van der Waals surface area contributed by atoms with Crippen LogP contribution in [0.1, 0.15) is 47.1 Å². The third-order valence-electron chi connectivity index (χ3n) is 3.60. The lowest BCUT2D eigenvalue weighted by Crippen LogP contribution is -2.12. The van der Waals surface area contributed by atoms with E-state index in [0.29, 0.717) is 28.7 Å². The van der Waals surface area contributed by atoms with Crippen LogP contribution >= 0.6 is 11.3 Å². The van der Waals surface area contributed by atoms with E-state index in [0.717, 1.165) is 22.6 Å². The molecule has 0 atom stereocenters. The number of carbonyl (C=O) groups excluding carboxylic acids is 1. The number of nitrogens with zero attached hydrogens (tertiary/aromatic N) is 1. The largest absolute Gasteiger partial charge is 0.493 e. The van der Waals surface area contributed by atoms with Gasteiger partial charge >= 0.3 is 0 Å². The summed E-state index contributed by atoms with van der Waals surface area (Å²) in [5.74, 6) is 0.983. The molecule has 1 amide bonds. The molecule has 0 bridgehead atoms. The van der Waals surface area contributed by atoms with Crippen molar-refractivity contribution in [2.45, 2.75) is 34.1 Å². The molecular formula is C19H22N2O2S. The maximum Gasteiger partial charge on any atom is 0.256 e. The second-order valence-electron chi connectivity index (χ2n) is 5.99. The van der Waals surface area contributed by atoms with Gasteiger partial charge in [0, 0.05) is 10.4 Å². The lowest BCUT2D eigenvalue weighted by Gasteiger charge is -2.09. The van der Waals surface area contributed by atoms with E-state index in [1.165, 1.54) is 11.3 Å². The Morgan fingerprint density at radius 1 is 1.33 bits per heavy atom. The number of nitrogens with one attached hydrogen (secondary N) is 1. The minimum absolute atomic E-state index is 0.217. The fourth-order valence-corrected chi connectivity index (χ4v) is 3.44. The zero-order valence-corrected chi connectivity index (χ0v) is 15.3. The van der Waals surface area contributed by atoms with Crippen molar-refractivity contribution < 1.29 is 9.53 Å². The van der Waals surface area contributed by atoms with Gasteiger partial charge < -0.3 is 10.1 Å². The molecule has 0 aliphatic heterocycles. The monoisotopic (exact) mass is 342 g/mol. The van der Waals surface area contributed by atoms with Crippen molar-refractivity contribution in [3.8, 4) is 11.8 Å². The lowest BCUT2D eigenvalue weighted by atomic mass is 10.1. The minimum atomic E-state index is -0.217. The first-order valence-electron chi connectivity index (χ1n) is 8.02. The molecule has 1 N–H and O–H groups in total. The van der Waals surface area contributed by atoms with Crippen molar-refractivity contribution in [1.82, 2.24) is 0 Å². The molecule has 0 radical (unpaired) electrons. The summed E-state index contributed by atoms with van der Waals surface area (Å²) < 4.78 is 5.62. The van der Waals surface area contributed by atoms with E-state index in [1.807, 2.05) is 13.8 Å². The maximum atomic E-state index is 12.4. The van der Waals surface area contributed by atoms with Crippen molar-refractivity contribution in [2.24, 2.45) is 5.92 Å². The second-order valence-corrected chi connectivity index (χ2v) is 7.21. The van der Waals surface area contributed by atoms with E-state index in [4.69, 9.17) is 4.74 Å². The number of thiophene rings is 1. The van der Waals surface area contributed by atoms with E-state index in [1.54, 1.807) is 24.3 Å². The average Bonchev–Trinajstić information content (AvgIpc) is 2.87. The summed E-state index contributed by atoms with van der Waals surface area (Å²) in [6.45, 7) is 8.80. The number of amides is 1. The van der Waals surface area contributed by atoms with Gasteiger partial charge in [-0.1, -0.05) is 20.8 Å². The van der Waals surface area contributed by atoms with Gasteiger partial charge in [-0.05, 0) is 49.1 Å². The Labute approximate surface area is 147 Å². The number of rotatable bonds is 6. The van der Waals surface area contributed by atoms with Gasteiger partial charge in [-0.2, -0.15) is 5.26 Å². The summed E-state index contributed by atoms with van der Waals surface area (Å²) in [4.78, 5) is 13.5. The molecule has 0 saturated heterocycles. The molecule has 5 heteroatoms. The third-order valence-corrected chi connectivity index (χ3v) is 4.66. The normalized spacial score (nSPS) is 10.5. The highest BCUT2D eigenvalue weighted by Gasteiger charge is 2.17. The average molecular weight is 342 g/mol. The number of carbonyl (C=O) groups is 1. The standard InChI is InChI=1S/C19H22N2O2S/c1-5-16-13(4)24-19(17(16)10-20)21-18(22)14-6-8-15(9-7-14)23-11-12(2)3/h6-9,12H,5,11H2,1-4H3,(H,21,22). The van der Waals surface area contributed by atoms with Crippen molar-refractivity contribution in [2.75, 3.05) is 11.9 Å². The van der Waals surface area contributed by atoms with Crippen molar-refractivity contribution >= 4 is 22.2 Å². The lowest BCUT2D eigenvalue weighted by molar-refractivity contribution is 0.102. The molecule has 2 aromatic rings. The number of anilines is 1. The van der Waals surface area contributed by atoms with Gasteiger partial charge in [0.1, 0.15) is 16.8 Å². The van der Waals surface area contributed by atoms with Crippen LogP contribution in [0.25, 0.3) is 0 Å². The molecule has 0 spiro atoms. The fourth-order valence-electron chi connectivity index (χ4n) is 2.35. The molecule has 0 saturated carbocycles. The summed E-state index contributed by atoms with van der Waals surface area (Å²) in [5, 5.41) is 12.8. The zero-order valence-electron chi connectivity index (χ0n) is 14.5. The number of ether oxygens (including phenoxy) is 1. The van der Waals surface area contributed by atoms with Gasteiger partial charge in [0.05, 0.1) is 12.2 Å². The first-order chi connectivity index (χ1) is 11.5. The van der Waals surface area contributed by atoms with Crippen molar-refractivity contribution in [3.05, 3.63) is 45.8 Å². The zero-order chi connectivity index (χ0) is 17.7. The van der Waals surface area contributed by atoms with Crippen LogP contribution in [0.2, 0.25) is 0 Å². The Hall–Kier alpha value is -2.32. The van der Waals surface area contributed by atoms with Crippen LogP contribution in [0, 0.1) is 24.2 Å². The Kier molecular flexibility index (Phi) is 5.99. The third kappa shape index (κ3) is 4.15. The van der Waals surface area contributed by atoms with Crippen LogP contribution < -0.4 is 10.1 Å². The Balaban J connectivity index is 2.12. The van der Waals surface area contributed by atoms with E-state index in [9.17, 15) is 10.1 Å². The number of hydrogen-bond acceptors (Lipinski definition) is 4. The van der Waals surface area contributed by atoms with Crippen LogP contribution in [0.3, 0.4) is 0 Å². The van der Waals surface area contributed by atoms with Gasteiger partial charge in [0.2, 0.25) is 0 Å². The smallest absolute Gasteiger partial charge is 0.256 e. The predicted molar refractivity (Wildman–Crippen MR) is 97.9 cm³/mol. The van der Waals surface area contributed by atoms with Gasteiger partial charge in [-0.25, -0.2) is 0 Å². The Morgan fingerprint density at radius 3 is 2.54 bits per heavy atom. The second kappa shape index (κ2) is 7.98. The molecule has 1 heterocycles. The molecule has 2 rings (SSSR count). The van der Waals surface area contributed by atoms with Crippen LogP contribution in [0.15, 0.2) is 24.3 Å². The summed E-state index contributed by atoms with van der Waals surface area (Å²) in [7, 11) is 0. The molecular weight excluding hydrogens is 320 g/mol. The molecule has 1 aromatic heterocycles. The van der Waals surface area contributed by atoms with Crippen molar-refractivity contribution in [1.29, 1.82) is 5.26 Å². The highest BCUT2D eigenvalue weighted by atomic mass is 32.1. The maximum absolute atomic E-state index is 12.4. The quantitative estimate of drug-likeness (QED) is 0.822. The summed E-state index contributed by atoms with van der Waals surface area (Å²) in [5.41, 5.74) is 2.13. The van der Waals surface area contributed by atoms with E-state index in [-0.39, 0.29) is 5.91 Å². The highest BCUT2D eigenvalue weighted by Crippen LogP contribution is 2.33. The Morgan fingerprint density at radius 2 is 2.00 bits per heavy atom. The van der Waals surface area contributed by atoms with Crippen LogP contribution in [0.4, 0.5) is 5.00 Å². The van der Waals surface area contributed by atoms with E-state index in [2.05, 4.69) is 25.2 Å². The summed E-state index contributed by atoms with van der Waals surface area (Å²) in [6.07, 6.45) is 0.781. The van der Waals surface area contributed by atoms with Crippen LogP contribution in [-0.2, 0) is 6.42 Å². The predicted octanol–water partition coefficient (Wildman–Crippen LogP) is 4.78. The molecule has 24 heavy (non-hydrogen) atoms. The van der Waals surface area contributed by atoms with Gasteiger partial charge in [0.25, 0.3) is 5.91 Å². The number of hydrogen-bond donors (Lipinski definition) is 1. The Bertz CT molecular complexity index is 755. The highest BCUT2D eigenvalue weighted by molar-refractivity contribution is 7.16. The fraction of sp³-hybridized carbons (Fsp3) is 0.368. The molecule has 0 fully saturated rings. The van der Waals surface area contributed by atoms with E-state index >= 15 is 0 Å². The molecule has 4 nitrogen and oxygen atoms in total. The summed E-state index contributed by atoms with van der Waals surface area (Å²) >= 11 is 1.45. The first kappa shape index (κ1) is 18.0. The topological polar surface area (TPSA) is 62.1 Å². The number of aryl methyl sites for hydroxylation is 1. The summed E-state index contributed by atoms with van der Waals surface area (Å²) in [6, 6.07) is 9.26. The van der Waals surface area contributed by atoms with Gasteiger partial charge in [-0.15, -0.1) is 11.3 Å². The number of benzene rings is 1. The molecule has 0 aliphatic rings. The molecule has 126 valence electrons.